The van der Waals surface area contributed by atoms with E-state index in [9.17, 15) is 9.18 Å². The lowest BCUT2D eigenvalue weighted by atomic mass is 9.70. The Hall–Kier alpha value is -1.88. The molecule has 2 aliphatic carbocycles. The minimum atomic E-state index is -0.319. The second kappa shape index (κ2) is 7.75. The largest absolute Gasteiger partial charge is 0.304 e. The Morgan fingerprint density at radius 3 is 2.24 bits per heavy atom. The second-order valence-electron chi connectivity index (χ2n) is 9.15. The third-order valence-electron chi connectivity index (χ3n) is 7.79. The first-order valence-electron chi connectivity index (χ1n) is 10.9. The summed E-state index contributed by atoms with van der Waals surface area (Å²) in [5.41, 5.74) is 2.83. The van der Waals surface area contributed by atoms with E-state index in [1.165, 1.54) is 31.8 Å². The zero-order valence-corrected chi connectivity index (χ0v) is 19.1. The van der Waals surface area contributed by atoms with Crippen LogP contribution in [0.4, 0.5) is 4.39 Å². The van der Waals surface area contributed by atoms with Crippen LogP contribution in [0.15, 0.2) is 29.1 Å². The number of hydrogen-bond donors (Lipinski definition) is 0. The molecule has 1 aromatic carbocycles. The van der Waals surface area contributed by atoms with Crippen molar-refractivity contribution in [2.45, 2.75) is 65.7 Å². The summed E-state index contributed by atoms with van der Waals surface area (Å²) >= 11 is 0. The van der Waals surface area contributed by atoms with E-state index in [0.717, 1.165) is 24.1 Å². The van der Waals surface area contributed by atoms with Gasteiger partial charge in [0, 0.05) is 18.0 Å². The number of rotatable bonds is 4. The molecule has 2 bridgehead atoms. The van der Waals surface area contributed by atoms with E-state index in [1.54, 1.807) is 16.8 Å². The molecule has 1 aromatic heterocycles. The maximum absolute atomic E-state index is 13.6. The molecular weight excluding hydrogens is 365 g/mol. The van der Waals surface area contributed by atoms with Crippen LogP contribution in [0.5, 0.6) is 0 Å². The van der Waals surface area contributed by atoms with Crippen molar-refractivity contribution < 1.29 is 4.39 Å². The van der Waals surface area contributed by atoms with Gasteiger partial charge in [0.15, 0.2) is 0 Å². The highest BCUT2D eigenvalue weighted by Crippen LogP contribution is 2.66. The molecule has 4 nitrogen and oxygen atoms in total. The van der Waals surface area contributed by atoms with Gasteiger partial charge in [-0.2, -0.15) is 0 Å². The molecular formula is C24H36FN3O. The van der Waals surface area contributed by atoms with Crippen molar-refractivity contribution in [3.05, 3.63) is 51.7 Å². The Labute approximate surface area is 174 Å². The summed E-state index contributed by atoms with van der Waals surface area (Å²) in [4.78, 5) is 15.4. The molecule has 0 saturated heterocycles. The molecule has 1 fully saturated rings. The van der Waals surface area contributed by atoms with Gasteiger partial charge in [0.25, 0.3) is 5.56 Å². The van der Waals surface area contributed by atoms with Gasteiger partial charge in [-0.3, -0.25) is 9.48 Å². The Morgan fingerprint density at radius 2 is 1.76 bits per heavy atom. The molecule has 0 amide bonds. The van der Waals surface area contributed by atoms with Crippen LogP contribution in [0.1, 0.15) is 71.6 Å². The zero-order chi connectivity index (χ0) is 21.6. The molecule has 2 aromatic rings. The Kier molecular flexibility index (Phi) is 5.83. The van der Waals surface area contributed by atoms with Gasteiger partial charge < -0.3 is 4.90 Å². The normalized spacial score (nSPS) is 23.8. The first-order valence-corrected chi connectivity index (χ1v) is 10.9. The lowest BCUT2D eigenvalue weighted by Crippen LogP contribution is -2.35. The fourth-order valence-electron chi connectivity index (χ4n) is 5.59. The van der Waals surface area contributed by atoms with Crippen LogP contribution in [0.2, 0.25) is 0 Å². The molecule has 29 heavy (non-hydrogen) atoms. The lowest BCUT2D eigenvalue weighted by molar-refractivity contribution is 0.218. The summed E-state index contributed by atoms with van der Waals surface area (Å²) in [6, 6.07) is 6.26. The first-order chi connectivity index (χ1) is 13.6. The van der Waals surface area contributed by atoms with Crippen LogP contribution in [-0.2, 0) is 12.5 Å². The molecule has 0 radical (unpaired) electrons. The number of fused-ring (bicyclic) bond motifs is 5. The minimum absolute atomic E-state index is 0.0134. The van der Waals surface area contributed by atoms with Crippen LogP contribution < -0.4 is 5.56 Å². The fourth-order valence-corrected chi connectivity index (χ4v) is 5.59. The molecule has 0 aliphatic heterocycles. The van der Waals surface area contributed by atoms with Gasteiger partial charge in [-0.25, -0.2) is 9.07 Å². The van der Waals surface area contributed by atoms with Gasteiger partial charge in [0.05, 0.1) is 11.4 Å². The Balaban J connectivity index is 0.000000298. The van der Waals surface area contributed by atoms with Crippen LogP contribution >= 0.6 is 0 Å². The highest BCUT2D eigenvalue weighted by Gasteiger charge is 2.62. The van der Waals surface area contributed by atoms with E-state index >= 15 is 0 Å². The molecule has 5 heteroatoms. The first kappa shape index (κ1) is 21.8. The highest BCUT2D eigenvalue weighted by molar-refractivity contribution is 5.47. The molecule has 160 valence electrons. The number of hydrogen-bond acceptors (Lipinski definition) is 2. The fraction of sp³-hybridized carbons (Fsp3) is 0.625. The predicted octanol–water partition coefficient (Wildman–Crippen LogP) is 4.84. The summed E-state index contributed by atoms with van der Waals surface area (Å²) < 4.78 is 17.1. The Morgan fingerprint density at radius 1 is 1.14 bits per heavy atom. The van der Waals surface area contributed by atoms with E-state index in [-0.39, 0.29) is 22.2 Å². The summed E-state index contributed by atoms with van der Waals surface area (Å²) in [7, 11) is 1.92. The van der Waals surface area contributed by atoms with E-state index in [1.807, 2.05) is 11.7 Å². The monoisotopic (exact) mass is 401 g/mol. The predicted molar refractivity (Wildman–Crippen MR) is 118 cm³/mol. The number of benzene rings is 1. The average Bonchev–Trinajstić information content (AvgIpc) is 3.15. The highest BCUT2D eigenvalue weighted by atomic mass is 19.1. The maximum Gasteiger partial charge on any atom is 0.275 e. The quantitative estimate of drug-likeness (QED) is 0.734. The van der Waals surface area contributed by atoms with Crippen molar-refractivity contribution in [2.24, 2.45) is 12.5 Å². The Bertz CT molecular complexity index is 933. The number of aromatic nitrogens is 2. The van der Waals surface area contributed by atoms with Crippen molar-refractivity contribution in [2.75, 3.05) is 19.6 Å². The van der Waals surface area contributed by atoms with Crippen molar-refractivity contribution in [1.29, 1.82) is 0 Å². The molecule has 0 spiro atoms. The molecule has 0 unspecified atom stereocenters. The van der Waals surface area contributed by atoms with Crippen LogP contribution in [0, 0.1) is 11.2 Å². The molecule has 0 N–H and O–H groups in total. The molecule has 2 aliphatic rings. The average molecular weight is 402 g/mol. The van der Waals surface area contributed by atoms with E-state index in [2.05, 4.69) is 46.4 Å². The van der Waals surface area contributed by atoms with Gasteiger partial charge in [0.2, 0.25) is 0 Å². The summed E-state index contributed by atoms with van der Waals surface area (Å²) in [6.07, 6.45) is 2.18. The van der Waals surface area contributed by atoms with Crippen molar-refractivity contribution in [1.82, 2.24) is 14.3 Å². The second-order valence-corrected chi connectivity index (χ2v) is 9.15. The topological polar surface area (TPSA) is 30.2 Å². The van der Waals surface area contributed by atoms with Gasteiger partial charge in [0.1, 0.15) is 5.82 Å². The summed E-state index contributed by atoms with van der Waals surface area (Å²) in [5.74, 6) is -0.0127. The van der Waals surface area contributed by atoms with Gasteiger partial charge >= 0.3 is 0 Å². The number of halogens is 1. The number of nitrogens with zero attached hydrogens (tertiary/aromatic N) is 3. The minimum Gasteiger partial charge on any atom is -0.304 e. The van der Waals surface area contributed by atoms with Crippen LogP contribution in [0.25, 0.3) is 5.69 Å². The summed E-state index contributed by atoms with van der Waals surface area (Å²) in [5, 5.41) is 0. The summed E-state index contributed by atoms with van der Waals surface area (Å²) in [6.45, 7) is 16.9. The van der Waals surface area contributed by atoms with E-state index in [0.29, 0.717) is 11.6 Å². The van der Waals surface area contributed by atoms with Crippen molar-refractivity contribution in [3.8, 4) is 5.69 Å². The standard InChI is InChI=1S/C18H21FN2O.C6H15N/c1-17(2)13-8-9-18(17,3)15-14(13)16(22)21(20(15)4)12-7-5-6-11(19)10-12;1-4-7(5-2)6-3/h5-7,10,13H,8-9H2,1-4H3;4-6H2,1-3H3/t13-,18+;/m1./s1. The van der Waals surface area contributed by atoms with E-state index < -0.39 is 0 Å². The van der Waals surface area contributed by atoms with Crippen LogP contribution in [0.3, 0.4) is 0 Å². The maximum atomic E-state index is 13.6. The smallest absolute Gasteiger partial charge is 0.275 e. The van der Waals surface area contributed by atoms with Crippen LogP contribution in [-0.4, -0.2) is 33.9 Å². The zero-order valence-electron chi connectivity index (χ0n) is 19.1. The third-order valence-corrected chi connectivity index (χ3v) is 7.79. The van der Waals surface area contributed by atoms with E-state index in [4.69, 9.17) is 0 Å². The molecule has 4 rings (SSSR count). The lowest BCUT2D eigenvalue weighted by Gasteiger charge is -2.36. The van der Waals surface area contributed by atoms with Gasteiger partial charge in [-0.15, -0.1) is 0 Å². The van der Waals surface area contributed by atoms with Gasteiger partial charge in [-0.05, 0) is 62.0 Å². The molecule has 1 heterocycles. The third kappa shape index (κ3) is 3.18. The molecule has 1 saturated carbocycles. The van der Waals surface area contributed by atoms with Gasteiger partial charge in [-0.1, -0.05) is 47.6 Å². The SMILES string of the molecule is CCN(CC)CC.Cn1c2c(c(=O)n1-c1cccc(F)c1)[C@H]1CC[C@]2(C)C1(C)C. The van der Waals surface area contributed by atoms with Crippen molar-refractivity contribution >= 4 is 0 Å². The van der Waals surface area contributed by atoms with Crippen molar-refractivity contribution in [3.63, 3.8) is 0 Å². The molecule has 2 atom stereocenters.